The molecule has 0 aliphatic carbocycles. The lowest BCUT2D eigenvalue weighted by atomic mass is 10.0. The number of carbonyl (C=O) groups excluding carboxylic acids is 2. The van der Waals surface area contributed by atoms with Crippen LogP contribution in [-0.2, 0) is 35.3 Å². The highest BCUT2D eigenvalue weighted by molar-refractivity contribution is 8.00. The van der Waals surface area contributed by atoms with Crippen molar-refractivity contribution < 1.29 is 22.8 Å². The predicted octanol–water partition coefficient (Wildman–Crippen LogP) is 4.43. The molecular formula is C29H39F3N6O2S2. The minimum absolute atomic E-state index is 0.0241. The molecule has 1 aromatic heterocycles. The van der Waals surface area contributed by atoms with Crippen LogP contribution in [0.5, 0.6) is 0 Å². The molecule has 0 radical (unpaired) electrons. The second kappa shape index (κ2) is 13.2. The topological polar surface area (TPSA) is 64.9 Å². The van der Waals surface area contributed by atoms with Crippen molar-refractivity contribution in [2.45, 2.75) is 68.7 Å². The number of thiol groups is 1. The number of aromatic nitrogens is 2. The Morgan fingerprint density at radius 1 is 1.12 bits per heavy atom. The molecule has 0 bridgehead atoms. The average Bonchev–Trinajstić information content (AvgIpc) is 3.54. The van der Waals surface area contributed by atoms with Crippen molar-refractivity contribution in [3.05, 3.63) is 35.0 Å². The summed E-state index contributed by atoms with van der Waals surface area (Å²) in [6.45, 7) is 5.84. The molecule has 0 atom stereocenters. The number of hydrogen-bond donors (Lipinski definition) is 1. The number of piperidine rings is 1. The van der Waals surface area contributed by atoms with Crippen molar-refractivity contribution in [3.63, 3.8) is 0 Å². The largest absolute Gasteiger partial charge is 0.417 e. The van der Waals surface area contributed by atoms with E-state index in [9.17, 15) is 22.8 Å². The minimum atomic E-state index is -4.53. The molecule has 2 fully saturated rings. The number of benzene rings is 1. The van der Waals surface area contributed by atoms with Crippen LogP contribution in [0.4, 0.5) is 13.2 Å². The van der Waals surface area contributed by atoms with Crippen LogP contribution >= 0.6 is 24.6 Å². The monoisotopic (exact) mass is 624 g/mol. The second-order valence-electron chi connectivity index (χ2n) is 11.5. The van der Waals surface area contributed by atoms with Gasteiger partial charge in [-0.25, -0.2) is 4.31 Å². The first-order chi connectivity index (χ1) is 20.0. The van der Waals surface area contributed by atoms with Gasteiger partial charge in [-0.3, -0.25) is 14.3 Å². The van der Waals surface area contributed by atoms with Gasteiger partial charge < -0.3 is 14.7 Å². The van der Waals surface area contributed by atoms with E-state index in [0.29, 0.717) is 36.2 Å². The Bertz CT molecular complexity index is 1290. The van der Waals surface area contributed by atoms with Crippen LogP contribution in [0.25, 0.3) is 11.3 Å². The fourth-order valence-corrected chi connectivity index (χ4v) is 7.47. The number of rotatable bonds is 9. The van der Waals surface area contributed by atoms with E-state index in [1.807, 2.05) is 8.99 Å². The standard InChI is InChI=1S/C29H39F3N6O2S2/c1-34(2)27(40)19-42-25-17-20(6-7-23(25)29(30,31)32)28-22-18-36(41)16-10-24(22)38(33-28)13-4-11-35-14-8-21(9-15-35)37-12-3-5-26(37)39/h6-7,17,21,41H,3-5,8-16,18-19H2,1-2H3. The van der Waals surface area contributed by atoms with Gasteiger partial charge in [0.05, 0.1) is 17.0 Å². The van der Waals surface area contributed by atoms with Gasteiger partial charge in [-0.15, -0.1) is 11.8 Å². The number of likely N-dealkylation sites (tertiary alicyclic amines) is 2. The van der Waals surface area contributed by atoms with E-state index in [-0.39, 0.29) is 16.6 Å². The Kier molecular flexibility index (Phi) is 9.80. The lowest BCUT2D eigenvalue weighted by molar-refractivity contribution is -0.139. The summed E-state index contributed by atoms with van der Waals surface area (Å²) < 4.78 is 45.4. The first kappa shape index (κ1) is 31.2. The number of carbonyl (C=O) groups is 2. The number of alkyl halides is 3. The molecule has 230 valence electrons. The maximum absolute atomic E-state index is 13.8. The number of thioether (sulfide) groups is 1. The van der Waals surface area contributed by atoms with Crippen molar-refractivity contribution in [3.8, 4) is 11.3 Å². The third-order valence-electron chi connectivity index (χ3n) is 8.48. The molecule has 0 N–H and O–H groups in total. The second-order valence-corrected chi connectivity index (χ2v) is 13.1. The summed E-state index contributed by atoms with van der Waals surface area (Å²) in [5.74, 6) is -0.0322. The van der Waals surface area contributed by atoms with Crippen molar-refractivity contribution in [2.24, 2.45) is 0 Å². The van der Waals surface area contributed by atoms with Crippen molar-refractivity contribution in [1.82, 2.24) is 28.8 Å². The Morgan fingerprint density at radius 2 is 1.88 bits per heavy atom. The van der Waals surface area contributed by atoms with Crippen molar-refractivity contribution in [2.75, 3.05) is 52.6 Å². The third-order valence-corrected chi connectivity index (χ3v) is 9.86. The molecule has 2 amide bonds. The molecule has 0 spiro atoms. The van der Waals surface area contributed by atoms with Crippen molar-refractivity contribution >= 4 is 36.4 Å². The zero-order valence-electron chi connectivity index (χ0n) is 24.2. The van der Waals surface area contributed by atoms with Gasteiger partial charge in [-0.2, -0.15) is 18.3 Å². The number of fused-ring (bicyclic) bond motifs is 1. The Labute approximate surface area is 255 Å². The molecule has 2 aromatic rings. The molecule has 0 saturated carbocycles. The van der Waals surface area contributed by atoms with Gasteiger partial charge in [0, 0.05) is 94.0 Å². The highest BCUT2D eigenvalue weighted by Gasteiger charge is 2.35. The fraction of sp³-hybridized carbons (Fsp3) is 0.621. The van der Waals surface area contributed by atoms with Gasteiger partial charge >= 0.3 is 6.18 Å². The fourth-order valence-electron chi connectivity index (χ4n) is 6.14. The Balaban J connectivity index is 1.30. The average molecular weight is 625 g/mol. The zero-order chi connectivity index (χ0) is 30.0. The predicted molar refractivity (Wildman–Crippen MR) is 160 cm³/mol. The van der Waals surface area contributed by atoms with E-state index >= 15 is 0 Å². The van der Waals surface area contributed by atoms with Crippen LogP contribution < -0.4 is 0 Å². The normalized spacial score (nSPS) is 19.0. The molecule has 8 nitrogen and oxygen atoms in total. The maximum atomic E-state index is 13.8. The third kappa shape index (κ3) is 7.11. The summed E-state index contributed by atoms with van der Waals surface area (Å²) >= 11 is 5.46. The quantitative estimate of drug-likeness (QED) is 0.329. The zero-order valence-corrected chi connectivity index (χ0v) is 25.9. The first-order valence-electron chi connectivity index (χ1n) is 14.6. The van der Waals surface area contributed by atoms with E-state index in [1.165, 1.54) is 17.0 Å². The van der Waals surface area contributed by atoms with Crippen LogP contribution in [0.1, 0.15) is 48.9 Å². The molecule has 5 rings (SSSR count). The summed E-state index contributed by atoms with van der Waals surface area (Å²) in [6, 6.07) is 4.48. The minimum Gasteiger partial charge on any atom is -0.348 e. The van der Waals surface area contributed by atoms with Gasteiger partial charge in [0.25, 0.3) is 0 Å². The van der Waals surface area contributed by atoms with Crippen LogP contribution in [0, 0.1) is 0 Å². The Morgan fingerprint density at radius 3 is 2.55 bits per heavy atom. The van der Waals surface area contributed by atoms with Gasteiger partial charge in [0.1, 0.15) is 0 Å². The molecule has 2 saturated heterocycles. The van der Waals surface area contributed by atoms with Crippen LogP contribution in [0.15, 0.2) is 23.1 Å². The molecule has 3 aliphatic rings. The van der Waals surface area contributed by atoms with E-state index in [4.69, 9.17) is 5.10 Å². The number of halogens is 3. The molecule has 42 heavy (non-hydrogen) atoms. The smallest absolute Gasteiger partial charge is 0.348 e. The molecular weight excluding hydrogens is 585 g/mol. The van der Waals surface area contributed by atoms with E-state index in [0.717, 1.165) is 100 Å². The summed E-state index contributed by atoms with van der Waals surface area (Å²) in [4.78, 5) is 30.2. The lowest BCUT2D eigenvalue weighted by Crippen LogP contribution is -2.45. The van der Waals surface area contributed by atoms with E-state index < -0.39 is 11.7 Å². The Hall–Kier alpha value is -2.22. The molecule has 3 aliphatic heterocycles. The summed E-state index contributed by atoms with van der Waals surface area (Å²) in [5, 5.41) is 4.94. The van der Waals surface area contributed by atoms with Crippen LogP contribution in [0.2, 0.25) is 0 Å². The van der Waals surface area contributed by atoms with Gasteiger partial charge in [-0.05, 0) is 44.4 Å². The highest BCUT2D eigenvalue weighted by atomic mass is 32.2. The SMILES string of the molecule is CN(C)C(=O)CSc1cc(-c2nn(CCCN3CCC(N4CCCC4=O)CC3)c3c2CN(S)CC3)ccc1C(F)(F)F. The molecule has 13 heteroatoms. The van der Waals surface area contributed by atoms with E-state index in [1.54, 1.807) is 14.1 Å². The van der Waals surface area contributed by atoms with E-state index in [2.05, 4.69) is 22.6 Å². The first-order valence-corrected chi connectivity index (χ1v) is 16.0. The summed E-state index contributed by atoms with van der Waals surface area (Å²) in [6.07, 6.45) is 0.833. The lowest BCUT2D eigenvalue weighted by Gasteiger charge is -2.36. The number of aryl methyl sites for hydroxylation is 1. The summed E-state index contributed by atoms with van der Waals surface area (Å²) in [5.41, 5.74) is 2.64. The van der Waals surface area contributed by atoms with Crippen molar-refractivity contribution in [1.29, 1.82) is 0 Å². The number of hydrogen-bond acceptors (Lipinski definition) is 7. The number of nitrogens with zero attached hydrogens (tertiary/aromatic N) is 6. The van der Waals surface area contributed by atoms with Gasteiger partial charge in [0.2, 0.25) is 11.8 Å². The molecule has 0 unspecified atom stereocenters. The van der Waals surface area contributed by atoms with Crippen LogP contribution in [-0.4, -0.2) is 99.2 Å². The molecule has 4 heterocycles. The van der Waals surface area contributed by atoms with Crippen LogP contribution in [0.3, 0.4) is 0 Å². The summed E-state index contributed by atoms with van der Waals surface area (Å²) in [7, 11) is 3.18. The molecule has 1 aromatic carbocycles. The maximum Gasteiger partial charge on any atom is 0.417 e. The highest BCUT2D eigenvalue weighted by Crippen LogP contribution is 2.40. The number of amides is 2. The van der Waals surface area contributed by atoms with Gasteiger partial charge in [-0.1, -0.05) is 18.9 Å². The van der Waals surface area contributed by atoms with Gasteiger partial charge in [0.15, 0.2) is 0 Å².